The second kappa shape index (κ2) is 10.3. The third kappa shape index (κ3) is 4.82. The summed E-state index contributed by atoms with van der Waals surface area (Å²) in [6, 6.07) is 12.7. The van der Waals surface area contributed by atoms with Gasteiger partial charge in [0.1, 0.15) is 17.2 Å². The van der Waals surface area contributed by atoms with Gasteiger partial charge in [-0.2, -0.15) is 0 Å². The Balaban J connectivity index is 1.65. The molecule has 2 heterocycles. The first kappa shape index (κ1) is 23.9. The smallest absolute Gasteiger partial charge is 0.253 e. The summed E-state index contributed by atoms with van der Waals surface area (Å²) in [6.07, 6.45) is 0. The number of amides is 2. The van der Waals surface area contributed by atoms with E-state index in [9.17, 15) is 9.59 Å². The number of rotatable bonds is 6. The molecule has 2 aliphatic rings. The number of carbonyl (C=O) groups is 2. The lowest BCUT2D eigenvalue weighted by molar-refractivity contribution is -0.137. The topological polar surface area (TPSA) is 71.6 Å². The Labute approximate surface area is 201 Å². The largest absolute Gasteiger partial charge is 0.497 e. The van der Waals surface area contributed by atoms with Gasteiger partial charge >= 0.3 is 0 Å². The highest BCUT2D eigenvalue weighted by atomic mass is 16.5. The van der Waals surface area contributed by atoms with Gasteiger partial charge in [-0.05, 0) is 49.5 Å². The number of ether oxygens (including phenoxy) is 3. The van der Waals surface area contributed by atoms with E-state index in [0.29, 0.717) is 49.0 Å². The van der Waals surface area contributed by atoms with Crippen molar-refractivity contribution in [3.05, 3.63) is 53.6 Å². The van der Waals surface area contributed by atoms with E-state index in [0.717, 1.165) is 18.7 Å². The maximum absolute atomic E-state index is 13.7. The van der Waals surface area contributed by atoms with E-state index in [-0.39, 0.29) is 23.7 Å². The maximum Gasteiger partial charge on any atom is 0.253 e. The van der Waals surface area contributed by atoms with Crippen LogP contribution in [0.4, 0.5) is 0 Å². The van der Waals surface area contributed by atoms with Crippen molar-refractivity contribution in [2.45, 2.75) is 5.92 Å². The van der Waals surface area contributed by atoms with E-state index < -0.39 is 0 Å². The third-order valence-electron chi connectivity index (χ3n) is 6.91. The highest BCUT2D eigenvalue weighted by molar-refractivity contribution is 5.95. The highest BCUT2D eigenvalue weighted by Gasteiger charge is 2.43. The summed E-state index contributed by atoms with van der Waals surface area (Å²) in [5.74, 6) is 1.53. The molecule has 4 rings (SSSR count). The van der Waals surface area contributed by atoms with Crippen molar-refractivity contribution >= 4 is 11.8 Å². The summed E-state index contributed by atoms with van der Waals surface area (Å²) in [4.78, 5) is 33.0. The zero-order valence-electron chi connectivity index (χ0n) is 20.3. The van der Waals surface area contributed by atoms with E-state index in [1.165, 1.54) is 0 Å². The molecule has 0 N–H and O–H groups in total. The number of likely N-dealkylation sites (N-methyl/N-ethyl adjacent to an activating group) is 1. The summed E-state index contributed by atoms with van der Waals surface area (Å²) in [5.41, 5.74) is 1.46. The Hall–Kier alpha value is -3.26. The van der Waals surface area contributed by atoms with E-state index in [4.69, 9.17) is 14.2 Å². The van der Waals surface area contributed by atoms with Crippen LogP contribution in [0.15, 0.2) is 42.5 Å². The molecule has 182 valence electrons. The Morgan fingerprint density at radius 3 is 2.06 bits per heavy atom. The third-order valence-corrected chi connectivity index (χ3v) is 6.91. The van der Waals surface area contributed by atoms with Crippen molar-refractivity contribution in [2.24, 2.45) is 5.92 Å². The number of piperazine rings is 1. The van der Waals surface area contributed by atoms with Crippen LogP contribution in [0.3, 0.4) is 0 Å². The Morgan fingerprint density at radius 1 is 0.794 bits per heavy atom. The summed E-state index contributed by atoms with van der Waals surface area (Å²) in [7, 11) is 6.90. The molecule has 0 spiro atoms. The number of methoxy groups -OCH3 is 3. The molecule has 34 heavy (non-hydrogen) atoms. The average Bonchev–Trinajstić information content (AvgIpc) is 3.33. The molecule has 8 nitrogen and oxygen atoms in total. The number of likely N-dealkylation sites (tertiary alicyclic amines) is 1. The minimum Gasteiger partial charge on any atom is -0.497 e. The minimum absolute atomic E-state index is 0.0907. The van der Waals surface area contributed by atoms with E-state index in [2.05, 4.69) is 11.9 Å². The van der Waals surface area contributed by atoms with Gasteiger partial charge in [-0.3, -0.25) is 9.59 Å². The van der Waals surface area contributed by atoms with Gasteiger partial charge in [0.15, 0.2) is 0 Å². The summed E-state index contributed by atoms with van der Waals surface area (Å²) >= 11 is 0. The van der Waals surface area contributed by atoms with Gasteiger partial charge in [0.05, 0.1) is 27.2 Å². The first-order chi connectivity index (χ1) is 16.4. The molecule has 2 atom stereocenters. The van der Waals surface area contributed by atoms with Gasteiger partial charge in [-0.15, -0.1) is 0 Å². The van der Waals surface area contributed by atoms with E-state index in [1.54, 1.807) is 50.5 Å². The predicted molar refractivity (Wildman–Crippen MR) is 129 cm³/mol. The van der Waals surface area contributed by atoms with Crippen LogP contribution >= 0.6 is 0 Å². The maximum atomic E-state index is 13.7. The van der Waals surface area contributed by atoms with Crippen LogP contribution in [-0.4, -0.2) is 94.2 Å². The zero-order chi connectivity index (χ0) is 24.2. The Kier molecular flexibility index (Phi) is 7.26. The van der Waals surface area contributed by atoms with Crippen LogP contribution in [0.2, 0.25) is 0 Å². The monoisotopic (exact) mass is 467 g/mol. The van der Waals surface area contributed by atoms with Crippen LogP contribution in [-0.2, 0) is 4.79 Å². The van der Waals surface area contributed by atoms with Crippen LogP contribution in [0.5, 0.6) is 17.2 Å². The molecule has 2 aliphatic heterocycles. The summed E-state index contributed by atoms with van der Waals surface area (Å²) in [5, 5.41) is 0. The molecule has 0 unspecified atom stereocenters. The quantitative estimate of drug-likeness (QED) is 0.650. The van der Waals surface area contributed by atoms with Gasteiger partial charge in [-0.25, -0.2) is 0 Å². The number of nitrogens with zero attached hydrogens (tertiary/aromatic N) is 3. The molecule has 2 saturated heterocycles. The molecule has 2 fully saturated rings. The molecule has 0 radical (unpaired) electrons. The zero-order valence-corrected chi connectivity index (χ0v) is 20.3. The van der Waals surface area contributed by atoms with E-state index >= 15 is 0 Å². The van der Waals surface area contributed by atoms with Crippen molar-refractivity contribution in [3.63, 3.8) is 0 Å². The molecular formula is C26H33N3O5. The molecule has 0 aliphatic carbocycles. The molecule has 0 bridgehead atoms. The first-order valence-electron chi connectivity index (χ1n) is 11.6. The lowest BCUT2D eigenvalue weighted by Gasteiger charge is -2.35. The predicted octanol–water partition coefficient (Wildman–Crippen LogP) is 2.34. The Morgan fingerprint density at radius 2 is 1.44 bits per heavy atom. The molecule has 8 heteroatoms. The fraction of sp³-hybridized carbons (Fsp3) is 0.462. The van der Waals surface area contributed by atoms with Crippen LogP contribution < -0.4 is 14.2 Å². The SMILES string of the molecule is COc1ccc(C(=O)N2C[C@@H](C(=O)N3CCN(C)CC3)[C@H](c3cc(OC)ccc3OC)C2)cc1. The molecule has 0 aromatic heterocycles. The fourth-order valence-corrected chi connectivity index (χ4v) is 4.84. The number of hydrogen-bond acceptors (Lipinski definition) is 6. The summed E-state index contributed by atoms with van der Waals surface area (Å²) < 4.78 is 16.3. The Bertz CT molecular complexity index is 1020. The second-order valence-electron chi connectivity index (χ2n) is 8.89. The van der Waals surface area contributed by atoms with Gasteiger partial charge in [-0.1, -0.05) is 0 Å². The minimum atomic E-state index is -0.355. The van der Waals surface area contributed by atoms with Gasteiger partial charge < -0.3 is 28.9 Å². The van der Waals surface area contributed by atoms with Crippen LogP contribution in [0.25, 0.3) is 0 Å². The van der Waals surface area contributed by atoms with Crippen LogP contribution in [0.1, 0.15) is 21.8 Å². The van der Waals surface area contributed by atoms with Crippen molar-refractivity contribution in [1.29, 1.82) is 0 Å². The first-order valence-corrected chi connectivity index (χ1v) is 11.6. The van der Waals surface area contributed by atoms with Gasteiger partial charge in [0.2, 0.25) is 5.91 Å². The normalized spacial score (nSPS) is 20.8. The molecule has 2 amide bonds. The molecule has 2 aromatic rings. The molecular weight excluding hydrogens is 434 g/mol. The van der Waals surface area contributed by atoms with Gasteiger partial charge in [0, 0.05) is 56.3 Å². The van der Waals surface area contributed by atoms with Crippen LogP contribution in [0, 0.1) is 5.92 Å². The second-order valence-corrected chi connectivity index (χ2v) is 8.89. The number of carbonyl (C=O) groups excluding carboxylic acids is 2. The van der Waals surface area contributed by atoms with Crippen molar-refractivity contribution in [3.8, 4) is 17.2 Å². The van der Waals surface area contributed by atoms with Crippen molar-refractivity contribution in [1.82, 2.24) is 14.7 Å². The van der Waals surface area contributed by atoms with Crippen molar-refractivity contribution in [2.75, 3.05) is 67.6 Å². The van der Waals surface area contributed by atoms with Crippen molar-refractivity contribution < 1.29 is 23.8 Å². The standard InChI is InChI=1S/C26H33N3O5/c1-27-11-13-28(14-12-27)26(31)23-17-29(25(30)18-5-7-19(32-2)8-6-18)16-22(23)21-15-20(33-3)9-10-24(21)34-4/h5-10,15,22-23H,11-14,16-17H2,1-4H3/t22-,23+/m0/s1. The average molecular weight is 468 g/mol. The lowest BCUT2D eigenvalue weighted by atomic mass is 9.87. The summed E-state index contributed by atoms with van der Waals surface area (Å²) in [6.45, 7) is 3.88. The highest BCUT2D eigenvalue weighted by Crippen LogP contribution is 2.40. The number of benzene rings is 2. The lowest BCUT2D eigenvalue weighted by Crippen LogP contribution is -2.50. The van der Waals surface area contributed by atoms with Gasteiger partial charge in [0.25, 0.3) is 5.91 Å². The number of hydrogen-bond donors (Lipinski definition) is 0. The van der Waals surface area contributed by atoms with E-state index in [1.807, 2.05) is 23.1 Å². The molecule has 0 saturated carbocycles. The molecule has 2 aromatic carbocycles. The fourth-order valence-electron chi connectivity index (χ4n) is 4.84.